The molecule has 5 nitrogen and oxygen atoms in total. The van der Waals surface area contributed by atoms with E-state index >= 15 is 0 Å². The molecule has 0 amide bonds. The number of esters is 1. The summed E-state index contributed by atoms with van der Waals surface area (Å²) < 4.78 is 4.99. The minimum absolute atomic E-state index is 0.0405. The number of cyclic esters (lactones) is 1. The van der Waals surface area contributed by atoms with E-state index in [0.717, 1.165) is 18.4 Å². The van der Waals surface area contributed by atoms with Crippen molar-refractivity contribution in [3.63, 3.8) is 0 Å². The lowest BCUT2D eigenvalue weighted by molar-refractivity contribution is -0.136. The van der Waals surface area contributed by atoms with Gasteiger partial charge in [0.2, 0.25) is 0 Å². The number of fused-ring (bicyclic) bond motifs is 1. The molecule has 0 unspecified atom stereocenters. The summed E-state index contributed by atoms with van der Waals surface area (Å²) in [6, 6.07) is 0. The minimum atomic E-state index is -0.506. The monoisotopic (exact) mass is 350 g/mol. The lowest BCUT2D eigenvalue weighted by Gasteiger charge is -2.58. The smallest absolute Gasteiger partial charge is 0.331 e. The van der Waals surface area contributed by atoms with E-state index in [1.54, 1.807) is 6.08 Å². The molecule has 0 aromatic carbocycles. The quantitative estimate of drug-likeness (QED) is 0.534. The average molecular weight is 350 g/mol. The van der Waals surface area contributed by atoms with E-state index in [0.29, 0.717) is 25.9 Å². The van der Waals surface area contributed by atoms with Gasteiger partial charge in [0, 0.05) is 18.6 Å². The van der Waals surface area contributed by atoms with E-state index in [1.807, 2.05) is 6.92 Å². The van der Waals surface area contributed by atoms with Crippen LogP contribution in [-0.4, -0.2) is 46.7 Å². The minimum Gasteiger partial charge on any atom is -0.458 e. The van der Waals surface area contributed by atoms with Crippen LogP contribution in [0.15, 0.2) is 22.8 Å². The Balaban J connectivity index is 1.92. The van der Waals surface area contributed by atoms with Crippen LogP contribution in [0.4, 0.5) is 0 Å². The zero-order valence-electron chi connectivity index (χ0n) is 15.4. The molecule has 3 aliphatic rings. The first kappa shape index (κ1) is 18.6. The second-order valence-corrected chi connectivity index (χ2v) is 8.71. The lowest BCUT2D eigenvalue weighted by Crippen LogP contribution is -2.57. The highest BCUT2D eigenvalue weighted by molar-refractivity contribution is 5.85. The van der Waals surface area contributed by atoms with E-state index in [2.05, 4.69) is 13.8 Å². The topological polar surface area (TPSA) is 87.0 Å². The van der Waals surface area contributed by atoms with Crippen molar-refractivity contribution in [3.8, 4) is 0 Å². The standard InChI is InChI=1S/C20H30O5/c1-12-6-16(23)18-19(2,11-21)8-14(22)9-20(18,3)15(12)5-4-13-7-17(24)25-10-13/h7,14,16,18,21-23H,4-6,8-11H2,1-3H3/t14-,16-,18-,19+,20+/m0/s1. The summed E-state index contributed by atoms with van der Waals surface area (Å²) >= 11 is 0. The molecule has 25 heavy (non-hydrogen) atoms. The number of aliphatic hydroxyl groups is 3. The molecule has 0 saturated heterocycles. The van der Waals surface area contributed by atoms with Crippen molar-refractivity contribution in [2.45, 2.75) is 65.1 Å². The Morgan fingerprint density at radius 2 is 1.96 bits per heavy atom. The zero-order valence-corrected chi connectivity index (χ0v) is 15.4. The molecule has 2 aliphatic carbocycles. The molecule has 5 heteroatoms. The number of rotatable bonds is 4. The van der Waals surface area contributed by atoms with E-state index < -0.39 is 17.6 Å². The van der Waals surface area contributed by atoms with Crippen molar-refractivity contribution in [2.75, 3.05) is 13.2 Å². The highest BCUT2D eigenvalue weighted by Crippen LogP contribution is 2.60. The molecule has 0 spiro atoms. The number of hydrogen-bond acceptors (Lipinski definition) is 5. The summed E-state index contributed by atoms with van der Waals surface area (Å²) in [5.41, 5.74) is 2.59. The molecular weight excluding hydrogens is 320 g/mol. The summed E-state index contributed by atoms with van der Waals surface area (Å²) in [4.78, 5) is 11.3. The predicted octanol–water partition coefficient (Wildman–Crippen LogP) is 2.11. The fraction of sp³-hybridized carbons (Fsp3) is 0.750. The van der Waals surface area contributed by atoms with Crippen molar-refractivity contribution < 1.29 is 24.9 Å². The maximum absolute atomic E-state index is 11.3. The number of aliphatic hydroxyl groups excluding tert-OH is 3. The maximum atomic E-state index is 11.3. The van der Waals surface area contributed by atoms with Gasteiger partial charge in [-0.25, -0.2) is 4.79 Å². The van der Waals surface area contributed by atoms with E-state index in [9.17, 15) is 20.1 Å². The normalized spacial score (nSPS) is 41.4. The third kappa shape index (κ3) is 3.18. The largest absolute Gasteiger partial charge is 0.458 e. The van der Waals surface area contributed by atoms with Gasteiger partial charge in [0.1, 0.15) is 6.61 Å². The fourth-order valence-electron chi connectivity index (χ4n) is 5.87. The first-order chi connectivity index (χ1) is 11.7. The van der Waals surface area contributed by atoms with Gasteiger partial charge in [0.25, 0.3) is 0 Å². The zero-order chi connectivity index (χ0) is 18.4. The Labute approximate surface area is 149 Å². The van der Waals surface area contributed by atoms with Gasteiger partial charge in [-0.1, -0.05) is 25.0 Å². The van der Waals surface area contributed by atoms with Crippen molar-refractivity contribution in [1.29, 1.82) is 0 Å². The first-order valence-electron chi connectivity index (χ1n) is 9.22. The number of allylic oxidation sites excluding steroid dienone is 1. The van der Waals surface area contributed by atoms with Crippen molar-refractivity contribution in [3.05, 3.63) is 22.8 Å². The Morgan fingerprint density at radius 1 is 1.24 bits per heavy atom. The maximum Gasteiger partial charge on any atom is 0.331 e. The van der Waals surface area contributed by atoms with Gasteiger partial charge in [-0.2, -0.15) is 0 Å². The van der Waals surface area contributed by atoms with Crippen LogP contribution < -0.4 is 0 Å². The molecule has 0 aromatic rings. The molecule has 140 valence electrons. The number of ether oxygens (including phenoxy) is 1. The molecule has 1 heterocycles. The molecule has 3 N–H and O–H groups in total. The van der Waals surface area contributed by atoms with Crippen LogP contribution in [-0.2, 0) is 9.53 Å². The SMILES string of the molecule is CC1=C(CCC2=CC(=O)OC2)[C@@]2(C)C[C@@H](O)C[C@](C)(CO)[C@@H]2[C@@H](O)C1. The Kier molecular flexibility index (Phi) is 4.86. The molecule has 1 aliphatic heterocycles. The Hall–Kier alpha value is -1.17. The Morgan fingerprint density at radius 3 is 2.56 bits per heavy atom. The highest BCUT2D eigenvalue weighted by atomic mass is 16.5. The van der Waals surface area contributed by atoms with Gasteiger partial charge in [-0.15, -0.1) is 0 Å². The second kappa shape index (κ2) is 6.53. The van der Waals surface area contributed by atoms with Crippen LogP contribution in [0.25, 0.3) is 0 Å². The van der Waals surface area contributed by atoms with Crippen LogP contribution in [0.5, 0.6) is 0 Å². The third-order valence-electron chi connectivity index (χ3n) is 6.68. The van der Waals surface area contributed by atoms with E-state index in [-0.39, 0.29) is 23.9 Å². The van der Waals surface area contributed by atoms with E-state index in [1.165, 1.54) is 11.1 Å². The Bertz CT molecular complexity index is 622. The van der Waals surface area contributed by atoms with Gasteiger partial charge in [0.05, 0.1) is 12.2 Å². The number of carbonyl (C=O) groups is 1. The summed E-state index contributed by atoms with van der Waals surface area (Å²) in [5, 5.41) is 31.3. The van der Waals surface area contributed by atoms with Gasteiger partial charge in [0.15, 0.2) is 0 Å². The molecular formula is C20H30O5. The second-order valence-electron chi connectivity index (χ2n) is 8.71. The molecule has 1 fully saturated rings. The van der Waals surface area contributed by atoms with Gasteiger partial charge in [-0.3, -0.25) is 0 Å². The average Bonchev–Trinajstić information content (AvgIpc) is 2.90. The van der Waals surface area contributed by atoms with Gasteiger partial charge in [-0.05, 0) is 55.4 Å². The third-order valence-corrected chi connectivity index (χ3v) is 6.68. The van der Waals surface area contributed by atoms with Crippen LogP contribution >= 0.6 is 0 Å². The first-order valence-corrected chi connectivity index (χ1v) is 9.22. The summed E-state index contributed by atoms with van der Waals surface area (Å²) in [5.74, 6) is -0.354. The molecule has 3 rings (SSSR count). The molecule has 0 radical (unpaired) electrons. The lowest BCUT2D eigenvalue weighted by atomic mass is 9.48. The van der Waals surface area contributed by atoms with Gasteiger partial charge >= 0.3 is 5.97 Å². The number of carbonyl (C=O) groups excluding carboxylic acids is 1. The summed E-state index contributed by atoms with van der Waals surface area (Å²) in [7, 11) is 0. The van der Waals surface area contributed by atoms with Crippen molar-refractivity contribution in [2.24, 2.45) is 16.7 Å². The van der Waals surface area contributed by atoms with Crippen molar-refractivity contribution >= 4 is 5.97 Å². The molecule has 5 atom stereocenters. The van der Waals surface area contributed by atoms with Crippen LogP contribution in [0.3, 0.4) is 0 Å². The van der Waals surface area contributed by atoms with Crippen LogP contribution in [0.1, 0.15) is 52.9 Å². The molecule has 0 bridgehead atoms. The summed E-state index contributed by atoms with van der Waals surface area (Å²) in [6.45, 7) is 6.49. The number of hydrogen-bond donors (Lipinski definition) is 3. The van der Waals surface area contributed by atoms with E-state index in [4.69, 9.17) is 4.74 Å². The van der Waals surface area contributed by atoms with Crippen LogP contribution in [0, 0.1) is 16.7 Å². The fourth-order valence-corrected chi connectivity index (χ4v) is 5.87. The van der Waals surface area contributed by atoms with Crippen LogP contribution in [0.2, 0.25) is 0 Å². The highest BCUT2D eigenvalue weighted by Gasteiger charge is 2.57. The summed E-state index contributed by atoms with van der Waals surface area (Å²) in [6.07, 6.45) is 3.85. The molecule has 1 saturated carbocycles. The predicted molar refractivity (Wildman–Crippen MR) is 93.6 cm³/mol. The van der Waals surface area contributed by atoms with Gasteiger partial charge < -0.3 is 20.1 Å². The molecule has 0 aromatic heterocycles. The van der Waals surface area contributed by atoms with Crippen molar-refractivity contribution in [1.82, 2.24) is 0 Å².